The molecule has 3 fully saturated rings. The fourth-order valence-electron chi connectivity index (χ4n) is 8.27. The summed E-state index contributed by atoms with van der Waals surface area (Å²) in [6.45, 7) is 1.67. The minimum Gasteiger partial charge on any atom is -0.460 e. The number of amides is 1. The predicted octanol–water partition coefficient (Wildman–Crippen LogP) is 1.72. The number of hydrogen-bond acceptors (Lipinski definition) is 13. The van der Waals surface area contributed by atoms with Gasteiger partial charge in [-0.05, 0) is 68.4 Å². The Kier molecular flexibility index (Phi) is 9.47. The van der Waals surface area contributed by atoms with Crippen molar-refractivity contribution in [3.8, 4) is 0 Å². The molecule has 256 valence electrons. The number of ketones is 2. The van der Waals surface area contributed by atoms with Crippen LogP contribution in [0.5, 0.6) is 0 Å². The summed E-state index contributed by atoms with van der Waals surface area (Å²) >= 11 is 0. The maximum atomic E-state index is 17.2. The van der Waals surface area contributed by atoms with Gasteiger partial charge >= 0.3 is 12.1 Å². The molecule has 1 aromatic carbocycles. The molecule has 4 aliphatic rings. The van der Waals surface area contributed by atoms with Gasteiger partial charge in [0.05, 0.1) is 36.3 Å². The van der Waals surface area contributed by atoms with Crippen LogP contribution in [-0.2, 0) is 30.5 Å². The van der Waals surface area contributed by atoms with Crippen molar-refractivity contribution in [2.75, 3.05) is 19.8 Å². The van der Waals surface area contributed by atoms with Crippen LogP contribution in [0, 0.1) is 22.7 Å². The van der Waals surface area contributed by atoms with Crippen molar-refractivity contribution < 1.29 is 63.6 Å². The molecule has 0 saturated heterocycles. The Balaban J connectivity index is 1.15. The smallest absolute Gasteiger partial charge is 0.407 e. The number of alkyl halides is 1. The van der Waals surface area contributed by atoms with Gasteiger partial charge < -0.3 is 30.1 Å². The molecule has 0 spiro atoms. The summed E-state index contributed by atoms with van der Waals surface area (Å²) in [7, 11) is 0. The summed E-state index contributed by atoms with van der Waals surface area (Å²) in [5.74, 6) is -3.51. The number of aliphatic hydroxyl groups excluding tert-OH is 2. The summed E-state index contributed by atoms with van der Waals surface area (Å²) in [6.07, 6.45) is 0.0178. The third-order valence-corrected chi connectivity index (χ3v) is 10.8. The van der Waals surface area contributed by atoms with Gasteiger partial charge in [0.2, 0.25) is 5.78 Å². The van der Waals surface area contributed by atoms with Gasteiger partial charge in [0.15, 0.2) is 23.7 Å². The lowest BCUT2D eigenvalue weighted by atomic mass is 9.44. The van der Waals surface area contributed by atoms with Crippen molar-refractivity contribution in [3.63, 3.8) is 0 Å². The average molecular weight is 663 g/mol. The number of nitrogens with zero attached hydrogens (tertiary/aromatic N) is 1. The van der Waals surface area contributed by atoms with E-state index < -0.39 is 76.0 Å². The zero-order valence-electron chi connectivity index (χ0n) is 25.9. The van der Waals surface area contributed by atoms with Gasteiger partial charge in [0, 0.05) is 16.7 Å². The number of esters is 1. The third kappa shape index (κ3) is 5.79. The standard InChI is InChI=1S/C32H39FN2O12/c1-29-10-9-21(36)13-20(29)7-8-22-23-14-24(37)32(42,30(23,2)15-25(38)31(22,29)33)26(39)17-46-28(41)34-11-12-45-27(40)19-5-3-18(4-6-19)16-47-35(43)44/h3-6,9-10,13,22-25,37-38,42-44H,7-8,11-12,14-17H2,1-2H3,(H,34,41)/t22-,23-,24+,25-,29-,30-,31-,32?/m0/s1. The van der Waals surface area contributed by atoms with Gasteiger partial charge in [-0.15, -0.1) is 0 Å². The molecule has 0 heterocycles. The summed E-state index contributed by atoms with van der Waals surface area (Å²) in [6, 6.07) is 5.87. The minimum atomic E-state index is -2.44. The van der Waals surface area contributed by atoms with Gasteiger partial charge in [0.1, 0.15) is 6.61 Å². The van der Waals surface area contributed by atoms with E-state index in [9.17, 15) is 34.5 Å². The van der Waals surface area contributed by atoms with Crippen LogP contribution >= 0.6 is 0 Å². The number of allylic oxidation sites excluding steroid dienone is 4. The average Bonchev–Trinajstić information content (AvgIpc) is 3.23. The molecule has 0 bridgehead atoms. The zero-order chi connectivity index (χ0) is 34.4. The minimum absolute atomic E-state index is 0.114. The molecule has 15 heteroatoms. The molecule has 8 atom stereocenters. The molecule has 5 rings (SSSR count). The van der Waals surface area contributed by atoms with E-state index in [2.05, 4.69) is 10.2 Å². The maximum Gasteiger partial charge on any atom is 0.407 e. The number of Topliss-reactive ketones (excluding diaryl/α,β-unsaturated/α-hetero) is 1. The molecular formula is C32H39FN2O12. The number of hydrogen-bond donors (Lipinski definition) is 6. The van der Waals surface area contributed by atoms with Crippen molar-refractivity contribution >= 4 is 23.6 Å². The zero-order valence-corrected chi connectivity index (χ0v) is 25.9. The monoisotopic (exact) mass is 662 g/mol. The van der Waals surface area contributed by atoms with Crippen LogP contribution in [0.4, 0.5) is 9.18 Å². The van der Waals surface area contributed by atoms with Gasteiger partial charge in [-0.1, -0.05) is 30.7 Å². The lowest BCUT2D eigenvalue weighted by Crippen LogP contribution is -2.69. The largest absolute Gasteiger partial charge is 0.460 e. The van der Waals surface area contributed by atoms with E-state index in [1.54, 1.807) is 6.92 Å². The first-order valence-electron chi connectivity index (χ1n) is 15.3. The van der Waals surface area contributed by atoms with E-state index in [4.69, 9.17) is 19.9 Å². The number of carbonyl (C=O) groups excluding carboxylic acids is 4. The highest BCUT2D eigenvalue weighted by Crippen LogP contribution is 2.69. The molecule has 3 saturated carbocycles. The molecule has 0 aromatic heterocycles. The number of carbonyl (C=O) groups is 4. The molecule has 1 amide bonds. The Morgan fingerprint density at radius 3 is 2.45 bits per heavy atom. The van der Waals surface area contributed by atoms with E-state index in [0.717, 1.165) is 0 Å². The first kappa shape index (κ1) is 34.8. The number of benzene rings is 1. The molecule has 1 unspecified atom stereocenters. The van der Waals surface area contributed by atoms with Gasteiger partial charge in [-0.25, -0.2) is 18.8 Å². The highest BCUT2D eigenvalue weighted by Gasteiger charge is 2.76. The lowest BCUT2D eigenvalue weighted by molar-refractivity contribution is -0.497. The Labute approximate surface area is 269 Å². The highest BCUT2D eigenvalue weighted by molar-refractivity contribution is 6.01. The van der Waals surface area contributed by atoms with E-state index in [1.807, 2.05) is 0 Å². The molecule has 6 N–H and O–H groups in total. The van der Waals surface area contributed by atoms with Crippen molar-refractivity contribution in [2.24, 2.45) is 22.7 Å². The Bertz CT molecular complexity index is 1480. The summed E-state index contributed by atoms with van der Waals surface area (Å²) < 4.78 is 27.3. The normalized spacial score (nSPS) is 35.8. The van der Waals surface area contributed by atoms with Crippen LogP contribution in [0.3, 0.4) is 0 Å². The fraction of sp³-hybridized carbons (Fsp3) is 0.562. The van der Waals surface area contributed by atoms with E-state index in [0.29, 0.717) is 17.6 Å². The summed E-state index contributed by atoms with van der Waals surface area (Å²) in [5, 5.41) is 53.3. The van der Waals surface area contributed by atoms with Gasteiger partial charge in [-0.3, -0.25) is 20.0 Å². The summed E-state index contributed by atoms with van der Waals surface area (Å²) in [4.78, 5) is 54.5. The number of halogens is 1. The van der Waals surface area contributed by atoms with Crippen molar-refractivity contribution in [3.05, 3.63) is 59.2 Å². The number of ether oxygens (including phenoxy) is 2. The third-order valence-electron chi connectivity index (χ3n) is 10.8. The predicted molar refractivity (Wildman–Crippen MR) is 156 cm³/mol. The Hall–Kier alpha value is -3.57. The second-order valence-electron chi connectivity index (χ2n) is 13.1. The van der Waals surface area contributed by atoms with Crippen LogP contribution in [0.2, 0.25) is 0 Å². The molecule has 1 aromatic rings. The number of aliphatic hydroxyl groups is 3. The van der Waals surface area contributed by atoms with Crippen molar-refractivity contribution in [1.82, 2.24) is 10.7 Å². The first-order valence-corrected chi connectivity index (χ1v) is 15.3. The van der Waals surface area contributed by atoms with Gasteiger partial charge in [-0.2, -0.15) is 0 Å². The van der Waals surface area contributed by atoms with Crippen LogP contribution in [-0.4, -0.2) is 98.0 Å². The molecule has 4 aliphatic carbocycles. The second-order valence-corrected chi connectivity index (χ2v) is 13.1. The number of fused-ring (bicyclic) bond motifs is 5. The van der Waals surface area contributed by atoms with Crippen LogP contribution in [0.25, 0.3) is 0 Å². The molecule has 0 radical (unpaired) electrons. The van der Waals surface area contributed by atoms with Crippen LogP contribution < -0.4 is 5.32 Å². The molecular weight excluding hydrogens is 623 g/mol. The van der Waals surface area contributed by atoms with Crippen LogP contribution in [0.1, 0.15) is 55.5 Å². The Morgan fingerprint density at radius 1 is 1.06 bits per heavy atom. The molecule has 0 aliphatic heterocycles. The first-order chi connectivity index (χ1) is 22.1. The number of rotatable bonds is 10. The SMILES string of the molecule is C[C@]12C[C@H](O)[C@@]3(F)[C@@H](CCC4=CC(=O)C=C[C@@]43C)[C@@H]1C[C@@H](O)C2(O)C(=O)COC(=O)NCCOC(=O)c1ccc(CON(O)O)cc1. The van der Waals surface area contributed by atoms with E-state index >= 15 is 4.39 Å². The van der Waals surface area contributed by atoms with E-state index in [1.165, 1.54) is 49.4 Å². The maximum absolute atomic E-state index is 17.2. The lowest BCUT2D eigenvalue weighted by Gasteiger charge is -2.62. The van der Waals surface area contributed by atoms with Crippen molar-refractivity contribution in [2.45, 2.75) is 69.6 Å². The van der Waals surface area contributed by atoms with Crippen molar-refractivity contribution in [1.29, 1.82) is 0 Å². The Morgan fingerprint density at radius 2 is 1.77 bits per heavy atom. The van der Waals surface area contributed by atoms with Crippen LogP contribution in [0.15, 0.2) is 48.1 Å². The fourth-order valence-corrected chi connectivity index (χ4v) is 8.27. The topological polar surface area (TPSA) is 212 Å². The molecule has 14 nitrogen and oxygen atoms in total. The highest BCUT2D eigenvalue weighted by atomic mass is 19.1. The van der Waals surface area contributed by atoms with E-state index in [-0.39, 0.29) is 50.4 Å². The molecule has 47 heavy (non-hydrogen) atoms. The number of alkyl carbamates (subject to hydrolysis) is 1. The van der Waals surface area contributed by atoms with Gasteiger partial charge in [0.25, 0.3) is 0 Å². The summed E-state index contributed by atoms with van der Waals surface area (Å²) in [5.41, 5.74) is -6.09. The second kappa shape index (κ2) is 12.8. The number of nitrogens with one attached hydrogen (secondary N) is 1. The quantitative estimate of drug-likeness (QED) is 0.120.